The molecule has 2 unspecified atom stereocenters. The molecule has 3 atom stereocenters. The summed E-state index contributed by atoms with van der Waals surface area (Å²) in [5.41, 5.74) is 0.898. The van der Waals surface area contributed by atoms with Gasteiger partial charge in [-0.05, 0) is 19.4 Å². The fraction of sp³-hybridized carbons (Fsp3) is 0.500. The first kappa shape index (κ1) is 18.6. The average Bonchev–Trinajstić information content (AvgIpc) is 3.04. The zero-order valence-electron chi connectivity index (χ0n) is 15.2. The molecule has 0 N–H and O–H groups in total. The van der Waals surface area contributed by atoms with Crippen LogP contribution < -0.4 is 0 Å². The molecule has 1 aromatic carbocycles. The third-order valence-corrected chi connectivity index (χ3v) is 6.33. The number of ether oxygens (including phenoxy) is 2. The smallest absolute Gasteiger partial charge is 0.331 e. The highest BCUT2D eigenvalue weighted by atomic mass is 32.2. The van der Waals surface area contributed by atoms with Gasteiger partial charge in [0.05, 0.1) is 14.2 Å². The number of amides is 2. The van der Waals surface area contributed by atoms with E-state index in [0.717, 1.165) is 5.56 Å². The van der Waals surface area contributed by atoms with Gasteiger partial charge in [-0.1, -0.05) is 30.3 Å². The maximum atomic E-state index is 13.2. The summed E-state index contributed by atoms with van der Waals surface area (Å²) in [6, 6.07) is 7.51. The molecule has 0 bridgehead atoms. The molecule has 2 saturated heterocycles. The highest BCUT2D eigenvalue weighted by molar-refractivity contribution is 8.01. The molecule has 2 amide bonds. The molecule has 7 nitrogen and oxygen atoms in total. The maximum absolute atomic E-state index is 13.2. The van der Waals surface area contributed by atoms with Crippen molar-refractivity contribution in [3.8, 4) is 0 Å². The molecule has 2 heterocycles. The maximum Gasteiger partial charge on any atom is 0.331 e. The highest BCUT2D eigenvalue weighted by Crippen LogP contribution is 2.50. The van der Waals surface area contributed by atoms with Gasteiger partial charge in [0, 0.05) is 11.3 Å². The number of esters is 2. The fourth-order valence-corrected chi connectivity index (χ4v) is 5.26. The van der Waals surface area contributed by atoms with Crippen LogP contribution in [-0.2, 0) is 25.6 Å². The molecule has 0 aliphatic carbocycles. The summed E-state index contributed by atoms with van der Waals surface area (Å²) in [7, 11) is 2.61. The molecular formula is C18H22N2O5S. The van der Waals surface area contributed by atoms with E-state index in [0.29, 0.717) is 0 Å². The van der Waals surface area contributed by atoms with Crippen molar-refractivity contribution in [3.63, 3.8) is 0 Å². The molecule has 0 radical (unpaired) electrons. The summed E-state index contributed by atoms with van der Waals surface area (Å²) in [4.78, 5) is 41.0. The number of benzene rings is 1. The minimum absolute atomic E-state index is 0.265. The van der Waals surface area contributed by atoms with E-state index in [4.69, 9.17) is 9.47 Å². The van der Waals surface area contributed by atoms with Crippen LogP contribution in [0.4, 0.5) is 4.79 Å². The molecule has 3 rings (SSSR count). The van der Waals surface area contributed by atoms with Crippen molar-refractivity contribution in [2.24, 2.45) is 0 Å². The largest absolute Gasteiger partial charge is 0.467 e. The third kappa shape index (κ3) is 2.92. The lowest BCUT2D eigenvalue weighted by atomic mass is 10.0. The van der Waals surface area contributed by atoms with Crippen molar-refractivity contribution in [1.82, 2.24) is 9.80 Å². The van der Waals surface area contributed by atoms with Crippen LogP contribution >= 0.6 is 11.8 Å². The van der Waals surface area contributed by atoms with Crippen LogP contribution in [0.15, 0.2) is 30.3 Å². The molecule has 2 aliphatic rings. The first-order chi connectivity index (χ1) is 12.3. The molecule has 1 aromatic rings. The van der Waals surface area contributed by atoms with Crippen molar-refractivity contribution in [3.05, 3.63) is 35.9 Å². The number of urea groups is 1. The van der Waals surface area contributed by atoms with Gasteiger partial charge >= 0.3 is 18.0 Å². The summed E-state index contributed by atoms with van der Waals surface area (Å²) in [5, 5.41) is -0.502. The second-order valence-corrected chi connectivity index (χ2v) is 8.58. The second kappa shape index (κ2) is 6.83. The predicted octanol–water partition coefficient (Wildman–Crippen LogP) is 1.86. The Morgan fingerprint density at radius 2 is 1.73 bits per heavy atom. The van der Waals surface area contributed by atoms with Crippen LogP contribution in [-0.4, -0.2) is 64.2 Å². The van der Waals surface area contributed by atoms with Gasteiger partial charge in [0.2, 0.25) is 0 Å². The van der Waals surface area contributed by atoms with E-state index in [2.05, 4.69) is 0 Å². The Morgan fingerprint density at radius 3 is 2.31 bits per heavy atom. The average molecular weight is 378 g/mol. The van der Waals surface area contributed by atoms with Crippen LogP contribution in [0.5, 0.6) is 0 Å². The molecule has 2 fully saturated rings. The van der Waals surface area contributed by atoms with Gasteiger partial charge in [-0.2, -0.15) is 0 Å². The highest BCUT2D eigenvalue weighted by Gasteiger charge is 2.63. The van der Waals surface area contributed by atoms with E-state index < -0.39 is 34.1 Å². The van der Waals surface area contributed by atoms with Crippen molar-refractivity contribution >= 4 is 29.7 Å². The van der Waals surface area contributed by atoms with E-state index in [1.165, 1.54) is 35.8 Å². The van der Waals surface area contributed by atoms with Crippen LogP contribution in [0.25, 0.3) is 0 Å². The molecule has 8 heteroatoms. The fourth-order valence-electron chi connectivity index (χ4n) is 3.59. The summed E-state index contributed by atoms with van der Waals surface area (Å²) < 4.78 is 9.31. The van der Waals surface area contributed by atoms with Gasteiger partial charge in [-0.25, -0.2) is 14.4 Å². The minimum Gasteiger partial charge on any atom is -0.467 e. The summed E-state index contributed by atoms with van der Waals surface area (Å²) >= 11 is 1.42. The van der Waals surface area contributed by atoms with Gasteiger partial charge in [0.25, 0.3) is 0 Å². The minimum atomic E-state index is -0.786. The van der Waals surface area contributed by atoms with Crippen molar-refractivity contribution in [1.29, 1.82) is 0 Å². The van der Waals surface area contributed by atoms with Gasteiger partial charge in [0.15, 0.2) is 6.04 Å². The van der Waals surface area contributed by atoms with Crippen molar-refractivity contribution < 1.29 is 23.9 Å². The number of methoxy groups -OCH3 is 2. The third-order valence-electron chi connectivity index (χ3n) is 4.77. The number of hydrogen-bond acceptors (Lipinski definition) is 6. The van der Waals surface area contributed by atoms with Gasteiger partial charge in [-0.3, -0.25) is 4.90 Å². The lowest BCUT2D eigenvalue weighted by molar-refractivity contribution is -0.148. The summed E-state index contributed by atoms with van der Waals surface area (Å²) in [6.45, 7) is 4.02. The lowest BCUT2D eigenvalue weighted by Gasteiger charge is -2.30. The Balaban J connectivity index is 1.99. The normalized spacial score (nSPS) is 26.6. The van der Waals surface area contributed by atoms with E-state index in [1.54, 1.807) is 0 Å². The Bertz CT molecular complexity index is 724. The zero-order chi connectivity index (χ0) is 19.1. The molecule has 0 saturated carbocycles. The van der Waals surface area contributed by atoms with Crippen molar-refractivity contribution in [2.75, 3.05) is 14.2 Å². The van der Waals surface area contributed by atoms with Crippen molar-refractivity contribution in [2.45, 2.75) is 42.6 Å². The molecule has 26 heavy (non-hydrogen) atoms. The topological polar surface area (TPSA) is 76.2 Å². The first-order valence-electron chi connectivity index (χ1n) is 8.28. The Morgan fingerprint density at radius 1 is 1.12 bits per heavy atom. The SMILES string of the molecule is COC(=O)C1[C@H]2SC(C)(C)C(C(=O)OC)N2C(=O)N1Cc1ccccc1. The lowest BCUT2D eigenvalue weighted by Crippen LogP contribution is -2.50. The Hall–Kier alpha value is -2.22. The number of fused-ring (bicyclic) bond motifs is 1. The molecule has 0 spiro atoms. The van der Waals surface area contributed by atoms with Crippen LogP contribution in [0.3, 0.4) is 0 Å². The Kier molecular flexibility index (Phi) is 4.88. The number of hydrogen-bond donors (Lipinski definition) is 0. The number of thioether (sulfide) groups is 1. The standard InChI is InChI=1S/C18H22N2O5S/c1-18(2)13(16(22)25-4)20-14(26-18)12(15(21)24-3)19(17(20)23)10-11-8-6-5-7-9-11/h5-9,12-14H,10H2,1-4H3/t12?,13?,14-/m1/s1. The summed E-state index contributed by atoms with van der Waals surface area (Å²) in [5.74, 6) is -0.973. The van der Waals surface area contributed by atoms with Crippen LogP contribution in [0.2, 0.25) is 0 Å². The zero-order valence-corrected chi connectivity index (χ0v) is 16.0. The van der Waals surface area contributed by atoms with E-state index in [1.807, 2.05) is 44.2 Å². The second-order valence-electron chi connectivity index (χ2n) is 6.81. The van der Waals surface area contributed by atoms with E-state index in [9.17, 15) is 14.4 Å². The number of nitrogens with zero attached hydrogens (tertiary/aromatic N) is 2. The van der Waals surface area contributed by atoms with Gasteiger partial charge < -0.3 is 14.4 Å². The van der Waals surface area contributed by atoms with Gasteiger partial charge in [0.1, 0.15) is 11.4 Å². The van der Waals surface area contributed by atoms with E-state index in [-0.39, 0.29) is 12.6 Å². The van der Waals surface area contributed by atoms with Crippen LogP contribution in [0, 0.1) is 0 Å². The van der Waals surface area contributed by atoms with Gasteiger partial charge in [-0.15, -0.1) is 11.8 Å². The molecule has 0 aromatic heterocycles. The predicted molar refractivity (Wildman–Crippen MR) is 96.3 cm³/mol. The molecule has 2 aliphatic heterocycles. The number of rotatable bonds is 4. The quantitative estimate of drug-likeness (QED) is 0.745. The monoisotopic (exact) mass is 378 g/mol. The number of carbonyl (C=O) groups is 3. The van der Waals surface area contributed by atoms with E-state index >= 15 is 0 Å². The number of carbonyl (C=O) groups excluding carboxylic acids is 3. The Labute approximate surface area is 156 Å². The molecular weight excluding hydrogens is 356 g/mol. The first-order valence-corrected chi connectivity index (χ1v) is 9.16. The molecule has 140 valence electrons. The van der Waals surface area contributed by atoms with Crippen LogP contribution in [0.1, 0.15) is 19.4 Å². The summed E-state index contributed by atoms with van der Waals surface area (Å²) in [6.07, 6.45) is 0.